The summed E-state index contributed by atoms with van der Waals surface area (Å²) in [7, 11) is -1.51. The maximum Gasteiger partial charge on any atom is 0.224 e. The quantitative estimate of drug-likeness (QED) is 0.697. The Kier molecular flexibility index (Phi) is 3.49. The summed E-state index contributed by atoms with van der Waals surface area (Å²) in [6.45, 7) is 2.28. The number of nitrogens with zero attached hydrogens (tertiary/aromatic N) is 1. The largest absolute Gasteiger partial charge is 0.344 e. The molecule has 1 N–H and O–H groups in total. The predicted octanol–water partition coefficient (Wildman–Crippen LogP) is -0.453. The van der Waals surface area contributed by atoms with E-state index in [4.69, 9.17) is 0 Å². The van der Waals surface area contributed by atoms with Gasteiger partial charge in [-0.2, -0.15) is 0 Å². The Morgan fingerprint density at radius 1 is 1.57 bits per heavy atom. The lowest BCUT2D eigenvalue weighted by atomic mass is 10.3. The van der Waals surface area contributed by atoms with E-state index in [9.17, 15) is 13.2 Å². The summed E-state index contributed by atoms with van der Waals surface area (Å²) in [5, 5.41) is 0. The molecule has 1 atom stereocenters. The molecule has 0 spiro atoms. The second-order valence-corrected chi connectivity index (χ2v) is 5.49. The van der Waals surface area contributed by atoms with Gasteiger partial charge >= 0.3 is 0 Å². The zero-order valence-corrected chi connectivity index (χ0v) is 9.30. The number of carbonyl (C=O) groups is 1. The molecule has 0 radical (unpaired) electrons. The highest BCUT2D eigenvalue weighted by molar-refractivity contribution is 7.89. The Morgan fingerprint density at radius 2 is 2.21 bits per heavy atom. The van der Waals surface area contributed by atoms with Gasteiger partial charge in [0.2, 0.25) is 15.9 Å². The molecule has 0 saturated carbocycles. The predicted molar refractivity (Wildman–Crippen MR) is 53.3 cm³/mol. The Balaban J connectivity index is 2.51. The fraction of sp³-hybridized carbons (Fsp3) is 0.875. The van der Waals surface area contributed by atoms with E-state index in [1.165, 1.54) is 0 Å². The van der Waals surface area contributed by atoms with E-state index in [2.05, 4.69) is 4.72 Å². The van der Waals surface area contributed by atoms with Crippen LogP contribution in [0.1, 0.15) is 19.8 Å². The molecule has 82 valence electrons. The lowest BCUT2D eigenvalue weighted by Gasteiger charge is -2.11. The number of hydrogen-bond donors (Lipinski definition) is 1. The smallest absolute Gasteiger partial charge is 0.224 e. The van der Waals surface area contributed by atoms with E-state index in [-0.39, 0.29) is 24.1 Å². The average Bonchev–Trinajstić information content (AvgIpc) is 2.29. The van der Waals surface area contributed by atoms with Gasteiger partial charge in [0, 0.05) is 26.1 Å². The van der Waals surface area contributed by atoms with Crippen molar-refractivity contribution < 1.29 is 13.2 Å². The highest BCUT2D eigenvalue weighted by Crippen LogP contribution is 2.09. The molecule has 1 heterocycles. The summed E-state index contributed by atoms with van der Waals surface area (Å²) in [6, 6.07) is -0.246. The first-order valence-corrected chi connectivity index (χ1v) is 6.34. The van der Waals surface area contributed by atoms with Crippen molar-refractivity contribution in [2.24, 2.45) is 0 Å². The van der Waals surface area contributed by atoms with Crippen LogP contribution in [-0.2, 0) is 14.8 Å². The van der Waals surface area contributed by atoms with Gasteiger partial charge in [-0.15, -0.1) is 0 Å². The summed E-state index contributed by atoms with van der Waals surface area (Å²) in [6.07, 6.45) is 0.866. The van der Waals surface area contributed by atoms with Gasteiger partial charge in [-0.05, 0) is 6.42 Å². The van der Waals surface area contributed by atoms with Crippen molar-refractivity contribution in [3.05, 3.63) is 0 Å². The van der Waals surface area contributed by atoms with Crippen LogP contribution in [0.4, 0.5) is 0 Å². The summed E-state index contributed by atoms with van der Waals surface area (Å²) in [5.41, 5.74) is 0. The van der Waals surface area contributed by atoms with Crippen molar-refractivity contribution in [2.45, 2.75) is 25.8 Å². The van der Waals surface area contributed by atoms with Crippen LogP contribution in [-0.4, -0.2) is 44.6 Å². The minimum absolute atomic E-state index is 0.00537. The third-order valence-electron chi connectivity index (χ3n) is 2.16. The van der Waals surface area contributed by atoms with E-state index < -0.39 is 10.0 Å². The van der Waals surface area contributed by atoms with Gasteiger partial charge in [0.1, 0.15) is 0 Å². The lowest BCUT2D eigenvalue weighted by molar-refractivity contribution is -0.126. The number of hydrogen-bond acceptors (Lipinski definition) is 3. The fourth-order valence-electron chi connectivity index (χ4n) is 1.52. The van der Waals surface area contributed by atoms with E-state index >= 15 is 0 Å². The second-order valence-electron chi connectivity index (χ2n) is 3.61. The zero-order chi connectivity index (χ0) is 10.8. The Hall–Kier alpha value is -0.620. The van der Waals surface area contributed by atoms with Crippen molar-refractivity contribution in [1.82, 2.24) is 9.62 Å². The minimum atomic E-state index is -3.19. The summed E-state index contributed by atoms with van der Waals surface area (Å²) in [4.78, 5) is 12.7. The molecule has 1 rings (SSSR count). The number of amides is 1. The maximum absolute atomic E-state index is 11.4. The van der Waals surface area contributed by atoms with Gasteiger partial charge in [-0.25, -0.2) is 13.1 Å². The molecule has 0 aromatic carbocycles. The number of nitrogens with one attached hydrogen (secondary N) is 1. The van der Waals surface area contributed by atoms with Crippen molar-refractivity contribution in [3.63, 3.8) is 0 Å². The molecule has 1 amide bonds. The molecular formula is C8H16N2O3S. The number of carbonyl (C=O) groups excluding carboxylic acids is 1. The molecule has 1 aliphatic rings. The van der Waals surface area contributed by atoms with Crippen LogP contribution in [0.3, 0.4) is 0 Å². The van der Waals surface area contributed by atoms with Crippen LogP contribution in [0.5, 0.6) is 0 Å². The Bertz CT molecular complexity index is 313. The van der Waals surface area contributed by atoms with Crippen LogP contribution < -0.4 is 4.72 Å². The Labute approximate surface area is 84.5 Å². The molecule has 1 saturated heterocycles. The molecule has 0 bridgehead atoms. The van der Waals surface area contributed by atoms with Crippen LogP contribution >= 0.6 is 0 Å². The van der Waals surface area contributed by atoms with Crippen molar-refractivity contribution in [2.75, 3.05) is 19.3 Å². The number of sulfonamides is 1. The summed E-state index contributed by atoms with van der Waals surface area (Å²) >= 11 is 0. The molecular weight excluding hydrogens is 204 g/mol. The van der Waals surface area contributed by atoms with E-state index in [1.54, 1.807) is 11.9 Å². The maximum atomic E-state index is 11.4. The number of likely N-dealkylation sites (N-methyl/N-ethyl adjacent to an activating group) is 1. The van der Waals surface area contributed by atoms with Gasteiger partial charge in [0.15, 0.2) is 0 Å². The molecule has 1 aliphatic heterocycles. The molecule has 6 heteroatoms. The molecule has 0 aliphatic carbocycles. The third kappa shape index (κ3) is 2.95. The molecule has 5 nitrogen and oxygen atoms in total. The van der Waals surface area contributed by atoms with Crippen molar-refractivity contribution in [1.29, 1.82) is 0 Å². The number of rotatable bonds is 4. The average molecular weight is 220 g/mol. The van der Waals surface area contributed by atoms with Crippen LogP contribution in [0.15, 0.2) is 0 Å². The SMILES string of the molecule is CCCS(=O)(=O)NC1CC(=O)N(C)C1. The molecule has 0 aromatic heterocycles. The summed E-state index contributed by atoms with van der Waals surface area (Å²) < 4.78 is 25.2. The topological polar surface area (TPSA) is 66.5 Å². The van der Waals surface area contributed by atoms with Crippen LogP contribution in [0.25, 0.3) is 0 Å². The van der Waals surface area contributed by atoms with Crippen LogP contribution in [0.2, 0.25) is 0 Å². The molecule has 1 unspecified atom stereocenters. The van der Waals surface area contributed by atoms with Gasteiger partial charge in [0.25, 0.3) is 0 Å². The van der Waals surface area contributed by atoms with Gasteiger partial charge < -0.3 is 4.90 Å². The fourth-order valence-corrected chi connectivity index (χ4v) is 2.85. The van der Waals surface area contributed by atoms with Crippen molar-refractivity contribution >= 4 is 15.9 Å². The molecule has 0 aromatic rings. The first-order chi connectivity index (χ1) is 6.44. The van der Waals surface area contributed by atoms with E-state index in [1.807, 2.05) is 6.92 Å². The lowest BCUT2D eigenvalue weighted by Crippen LogP contribution is -2.37. The highest BCUT2D eigenvalue weighted by Gasteiger charge is 2.29. The van der Waals surface area contributed by atoms with Gasteiger partial charge in [-0.3, -0.25) is 4.79 Å². The summed E-state index contributed by atoms with van der Waals surface area (Å²) in [5.74, 6) is 0.121. The standard InChI is InChI=1S/C8H16N2O3S/c1-3-4-14(12,13)9-7-5-8(11)10(2)6-7/h7,9H,3-6H2,1-2H3. The van der Waals surface area contributed by atoms with Crippen LogP contribution in [0, 0.1) is 0 Å². The first-order valence-electron chi connectivity index (χ1n) is 4.68. The Morgan fingerprint density at radius 3 is 2.64 bits per heavy atom. The highest BCUT2D eigenvalue weighted by atomic mass is 32.2. The van der Waals surface area contributed by atoms with Gasteiger partial charge in [-0.1, -0.05) is 6.92 Å². The first kappa shape index (κ1) is 11.5. The van der Waals surface area contributed by atoms with Crippen molar-refractivity contribution in [3.8, 4) is 0 Å². The monoisotopic (exact) mass is 220 g/mol. The molecule has 14 heavy (non-hydrogen) atoms. The minimum Gasteiger partial charge on any atom is -0.344 e. The van der Waals surface area contributed by atoms with E-state index in [0.29, 0.717) is 13.0 Å². The van der Waals surface area contributed by atoms with Gasteiger partial charge in [0.05, 0.1) is 5.75 Å². The normalized spacial score (nSPS) is 23.1. The second kappa shape index (κ2) is 4.27. The van der Waals surface area contributed by atoms with E-state index in [0.717, 1.165) is 0 Å². The zero-order valence-electron chi connectivity index (χ0n) is 8.49. The molecule has 1 fully saturated rings. The third-order valence-corrected chi connectivity index (χ3v) is 3.80. The number of likely N-dealkylation sites (tertiary alicyclic amines) is 1.